The van der Waals surface area contributed by atoms with Crippen LogP contribution in [0.5, 0.6) is 0 Å². The number of nitrogens with zero attached hydrogens (tertiary/aromatic N) is 4. The van der Waals surface area contributed by atoms with Crippen LogP contribution in [0.15, 0.2) is 11.2 Å². The number of ether oxygens (including phenoxy) is 1. The Hall–Kier alpha value is -2.05. The quantitative estimate of drug-likeness (QED) is 0.362. The Bertz CT molecular complexity index is 607. The molecule has 1 aliphatic heterocycles. The van der Waals surface area contributed by atoms with E-state index in [4.69, 9.17) is 10.3 Å². The van der Waals surface area contributed by atoms with E-state index in [0.717, 1.165) is 11.3 Å². The Balaban J connectivity index is 2.28. The first kappa shape index (κ1) is 15.3. The predicted octanol–water partition coefficient (Wildman–Crippen LogP) is 2.76. The first-order chi connectivity index (χ1) is 10.1. The van der Waals surface area contributed by atoms with Crippen LogP contribution < -0.4 is 4.90 Å². The van der Waals surface area contributed by atoms with Crippen LogP contribution in [0.4, 0.5) is 5.00 Å². The van der Waals surface area contributed by atoms with Gasteiger partial charge in [0.25, 0.3) is 0 Å². The average molecular weight is 308 g/mol. The third-order valence-electron chi connectivity index (χ3n) is 3.37. The van der Waals surface area contributed by atoms with Gasteiger partial charge in [0.05, 0.1) is 12.7 Å². The normalized spacial score (nSPS) is 17.7. The third-order valence-corrected chi connectivity index (χ3v) is 4.67. The van der Waals surface area contributed by atoms with Crippen LogP contribution in [-0.4, -0.2) is 32.1 Å². The lowest BCUT2D eigenvalue weighted by molar-refractivity contribution is -0.117. The lowest BCUT2D eigenvalue weighted by Gasteiger charge is -2.15. The minimum Gasteiger partial charge on any atom is -0.465 e. The fourth-order valence-electron chi connectivity index (χ4n) is 2.31. The molecular weight excluding hydrogens is 292 g/mol. The summed E-state index contributed by atoms with van der Waals surface area (Å²) in [7, 11) is 1.33. The molecule has 0 saturated carbocycles. The zero-order chi connectivity index (χ0) is 15.4. The number of esters is 1. The van der Waals surface area contributed by atoms with E-state index >= 15 is 0 Å². The first-order valence-corrected chi connectivity index (χ1v) is 7.44. The maximum absolute atomic E-state index is 12.2. The van der Waals surface area contributed by atoms with E-state index in [-0.39, 0.29) is 18.4 Å². The molecule has 0 N–H and O–H groups in total. The van der Waals surface area contributed by atoms with Crippen molar-refractivity contribution in [1.29, 1.82) is 0 Å². The monoisotopic (exact) mass is 308 g/mol. The van der Waals surface area contributed by atoms with E-state index in [1.54, 1.807) is 11.0 Å². The van der Waals surface area contributed by atoms with Gasteiger partial charge in [0.2, 0.25) is 5.91 Å². The van der Waals surface area contributed by atoms with Gasteiger partial charge in [-0.25, -0.2) is 4.79 Å². The van der Waals surface area contributed by atoms with Crippen LogP contribution in [0.3, 0.4) is 0 Å². The van der Waals surface area contributed by atoms with Gasteiger partial charge in [-0.05, 0) is 23.9 Å². The highest BCUT2D eigenvalue weighted by molar-refractivity contribution is 7.16. The van der Waals surface area contributed by atoms with Crippen molar-refractivity contribution in [1.82, 2.24) is 0 Å². The Morgan fingerprint density at radius 3 is 3.05 bits per heavy atom. The van der Waals surface area contributed by atoms with Crippen molar-refractivity contribution in [3.8, 4) is 0 Å². The number of thiophene rings is 1. The molecule has 0 bridgehead atoms. The Kier molecular flexibility index (Phi) is 4.82. The van der Waals surface area contributed by atoms with E-state index < -0.39 is 5.97 Å². The number of azide groups is 1. The topological polar surface area (TPSA) is 95.4 Å². The molecule has 1 amide bonds. The number of methoxy groups -OCH3 is 1. The van der Waals surface area contributed by atoms with Crippen LogP contribution >= 0.6 is 11.3 Å². The highest BCUT2D eigenvalue weighted by atomic mass is 32.1. The highest BCUT2D eigenvalue weighted by Crippen LogP contribution is 2.36. The molecule has 112 valence electrons. The summed E-state index contributed by atoms with van der Waals surface area (Å²) in [5.74, 6) is -0.499. The van der Waals surface area contributed by atoms with Crippen molar-refractivity contribution in [3.05, 3.63) is 26.9 Å². The van der Waals surface area contributed by atoms with Gasteiger partial charge in [0.1, 0.15) is 5.00 Å². The van der Waals surface area contributed by atoms with E-state index in [2.05, 4.69) is 10.0 Å². The highest BCUT2D eigenvalue weighted by Gasteiger charge is 2.33. The standard InChI is InChI=1S/C13H16N4O3S/c1-3-9-5-10(13(19)20-2)12(21-9)17-7-8(4-11(17)18)6-15-16-14/h5,8H,3-4,6-7H2,1-2H3. The van der Waals surface area contributed by atoms with Crippen molar-refractivity contribution in [2.45, 2.75) is 19.8 Å². The lowest BCUT2D eigenvalue weighted by Crippen LogP contribution is -2.25. The van der Waals surface area contributed by atoms with Gasteiger partial charge in [-0.15, -0.1) is 11.3 Å². The molecule has 2 rings (SSSR count). The summed E-state index contributed by atoms with van der Waals surface area (Å²) in [6.45, 7) is 2.75. The fourth-order valence-corrected chi connectivity index (χ4v) is 3.42. The lowest BCUT2D eigenvalue weighted by atomic mass is 10.1. The number of carbonyl (C=O) groups is 2. The van der Waals surface area contributed by atoms with Gasteiger partial charge >= 0.3 is 5.97 Å². The largest absolute Gasteiger partial charge is 0.465 e. The molecule has 8 heteroatoms. The summed E-state index contributed by atoms with van der Waals surface area (Å²) in [5, 5.41) is 4.16. The summed E-state index contributed by atoms with van der Waals surface area (Å²) in [6.07, 6.45) is 1.12. The van der Waals surface area contributed by atoms with Crippen LogP contribution in [0.25, 0.3) is 10.4 Å². The third kappa shape index (κ3) is 3.17. The molecule has 1 aromatic heterocycles. The first-order valence-electron chi connectivity index (χ1n) is 6.62. The average Bonchev–Trinajstić information content (AvgIpc) is 3.07. The summed E-state index contributed by atoms with van der Waals surface area (Å²) < 4.78 is 4.78. The maximum Gasteiger partial charge on any atom is 0.340 e. The molecule has 1 atom stereocenters. The second-order valence-electron chi connectivity index (χ2n) is 4.76. The van der Waals surface area contributed by atoms with Gasteiger partial charge in [-0.1, -0.05) is 12.0 Å². The van der Waals surface area contributed by atoms with Crippen LogP contribution in [0, 0.1) is 5.92 Å². The van der Waals surface area contributed by atoms with E-state index in [1.807, 2.05) is 6.92 Å². The number of rotatable bonds is 5. The summed E-state index contributed by atoms with van der Waals surface area (Å²) >= 11 is 1.43. The van der Waals surface area contributed by atoms with Gasteiger partial charge < -0.3 is 9.64 Å². The van der Waals surface area contributed by atoms with Crippen molar-refractivity contribution >= 4 is 28.2 Å². The smallest absolute Gasteiger partial charge is 0.340 e. The zero-order valence-electron chi connectivity index (χ0n) is 11.9. The Labute approximate surface area is 126 Å². The molecule has 2 heterocycles. The number of aryl methyl sites for hydroxylation is 1. The molecule has 0 aliphatic carbocycles. The number of hydrogen-bond donors (Lipinski definition) is 0. The van der Waals surface area contributed by atoms with Gasteiger partial charge in [0, 0.05) is 29.3 Å². The minimum atomic E-state index is -0.438. The van der Waals surface area contributed by atoms with Crippen LogP contribution in [-0.2, 0) is 16.0 Å². The number of carbonyl (C=O) groups excluding carboxylic acids is 2. The van der Waals surface area contributed by atoms with E-state index in [1.165, 1.54) is 18.4 Å². The van der Waals surface area contributed by atoms with Crippen molar-refractivity contribution in [2.24, 2.45) is 11.0 Å². The molecule has 0 radical (unpaired) electrons. The van der Waals surface area contributed by atoms with E-state index in [0.29, 0.717) is 23.5 Å². The van der Waals surface area contributed by atoms with Crippen molar-refractivity contribution < 1.29 is 14.3 Å². The Morgan fingerprint density at radius 1 is 1.67 bits per heavy atom. The molecular formula is C13H16N4O3S. The number of anilines is 1. The molecule has 1 fully saturated rings. The molecule has 1 saturated heterocycles. The van der Waals surface area contributed by atoms with Gasteiger partial charge in [-0.3, -0.25) is 4.79 Å². The number of amides is 1. The van der Waals surface area contributed by atoms with Gasteiger partial charge in [0.15, 0.2) is 0 Å². The number of hydrogen-bond acceptors (Lipinski definition) is 5. The molecule has 1 aromatic rings. The minimum absolute atomic E-state index is 0.00827. The second kappa shape index (κ2) is 6.60. The predicted molar refractivity (Wildman–Crippen MR) is 79.5 cm³/mol. The maximum atomic E-state index is 12.2. The molecule has 7 nitrogen and oxygen atoms in total. The zero-order valence-corrected chi connectivity index (χ0v) is 12.7. The van der Waals surface area contributed by atoms with Gasteiger partial charge in [-0.2, -0.15) is 0 Å². The SMILES string of the molecule is CCc1cc(C(=O)OC)c(N2CC(CN=[N+]=[N-])CC2=O)s1. The van der Waals surface area contributed by atoms with Crippen LogP contribution in [0.1, 0.15) is 28.6 Å². The summed E-state index contributed by atoms with van der Waals surface area (Å²) in [5.41, 5.74) is 8.79. The van der Waals surface area contributed by atoms with Crippen LogP contribution in [0.2, 0.25) is 0 Å². The van der Waals surface area contributed by atoms with Crippen molar-refractivity contribution in [3.63, 3.8) is 0 Å². The van der Waals surface area contributed by atoms with Crippen molar-refractivity contribution in [2.75, 3.05) is 25.1 Å². The molecule has 1 unspecified atom stereocenters. The second-order valence-corrected chi connectivity index (χ2v) is 5.88. The molecule has 21 heavy (non-hydrogen) atoms. The molecule has 1 aliphatic rings. The molecule has 0 spiro atoms. The summed E-state index contributed by atoms with van der Waals surface area (Å²) in [6, 6.07) is 1.78. The Morgan fingerprint density at radius 2 is 2.43 bits per heavy atom. The fraction of sp³-hybridized carbons (Fsp3) is 0.538. The van der Waals surface area contributed by atoms with E-state index in [9.17, 15) is 9.59 Å². The summed E-state index contributed by atoms with van der Waals surface area (Å²) in [4.78, 5) is 29.4. The molecule has 0 aromatic carbocycles.